The fourth-order valence-electron chi connectivity index (χ4n) is 0.639. The van der Waals surface area contributed by atoms with Crippen LogP contribution in [-0.2, 0) is 0 Å². The van der Waals surface area contributed by atoms with Crippen LogP contribution < -0.4 is 5.73 Å². The van der Waals surface area contributed by atoms with Crippen LogP contribution in [0.2, 0.25) is 5.02 Å². The van der Waals surface area contributed by atoms with E-state index in [2.05, 4.69) is 0 Å². The molecule has 54 valence electrons. The summed E-state index contributed by atoms with van der Waals surface area (Å²) in [4.78, 5) is 10.5. The number of amides is 1. The van der Waals surface area contributed by atoms with Gasteiger partial charge < -0.3 is 10.2 Å². The third kappa shape index (κ3) is 0.998. The van der Waals surface area contributed by atoms with E-state index >= 15 is 0 Å². The molecule has 0 radical (unpaired) electrons. The van der Waals surface area contributed by atoms with Gasteiger partial charge in [0.15, 0.2) is 5.76 Å². The van der Waals surface area contributed by atoms with Crippen LogP contribution in [0, 0.1) is 6.92 Å². The van der Waals surface area contributed by atoms with E-state index in [-0.39, 0.29) is 5.76 Å². The number of furan rings is 1. The van der Waals surface area contributed by atoms with Crippen molar-refractivity contribution in [2.45, 2.75) is 6.92 Å². The maximum atomic E-state index is 10.5. The first-order valence-corrected chi connectivity index (χ1v) is 3.04. The summed E-state index contributed by atoms with van der Waals surface area (Å²) in [5.74, 6) is -0.464. The molecule has 1 aromatic rings. The van der Waals surface area contributed by atoms with E-state index in [1.54, 1.807) is 6.92 Å². The van der Waals surface area contributed by atoms with Gasteiger partial charge in [-0.25, -0.2) is 0 Å². The van der Waals surface area contributed by atoms with Crippen LogP contribution in [0.1, 0.15) is 16.1 Å². The molecule has 0 saturated carbocycles. The van der Waals surface area contributed by atoms with Gasteiger partial charge in [-0.3, -0.25) is 4.79 Å². The molecule has 1 aromatic heterocycles. The average molecular weight is 160 g/mol. The number of hydrogen-bond donors (Lipinski definition) is 1. The van der Waals surface area contributed by atoms with Gasteiger partial charge in [0.25, 0.3) is 5.91 Å². The van der Waals surface area contributed by atoms with Crippen LogP contribution in [0.25, 0.3) is 0 Å². The van der Waals surface area contributed by atoms with Crippen molar-refractivity contribution in [3.8, 4) is 0 Å². The Morgan fingerprint density at radius 2 is 2.40 bits per heavy atom. The second kappa shape index (κ2) is 2.34. The fraction of sp³-hybridized carbons (Fsp3) is 0.167. The third-order valence-electron chi connectivity index (χ3n) is 1.20. The molecule has 0 fully saturated rings. The van der Waals surface area contributed by atoms with E-state index in [1.165, 1.54) is 6.26 Å². The van der Waals surface area contributed by atoms with Crippen molar-refractivity contribution in [3.63, 3.8) is 0 Å². The molecule has 0 aliphatic carbocycles. The second-order valence-electron chi connectivity index (χ2n) is 1.90. The average Bonchev–Trinajstić information content (AvgIpc) is 2.14. The second-order valence-corrected chi connectivity index (χ2v) is 2.31. The van der Waals surface area contributed by atoms with E-state index in [9.17, 15) is 4.79 Å². The first kappa shape index (κ1) is 7.15. The molecule has 0 atom stereocenters. The minimum absolute atomic E-state index is 0.130. The number of carbonyl (C=O) groups is 1. The molecule has 1 amide bonds. The molecule has 0 aliphatic heterocycles. The Kier molecular flexibility index (Phi) is 1.68. The summed E-state index contributed by atoms with van der Waals surface area (Å²) in [5, 5.41) is 0.425. The lowest BCUT2D eigenvalue weighted by molar-refractivity contribution is 0.0973. The molecular weight excluding hydrogens is 154 g/mol. The Morgan fingerprint density at radius 1 is 1.80 bits per heavy atom. The molecule has 4 heteroatoms. The van der Waals surface area contributed by atoms with Crippen LogP contribution in [-0.4, -0.2) is 5.91 Å². The largest absolute Gasteiger partial charge is 0.457 e. The predicted octanol–water partition coefficient (Wildman–Crippen LogP) is 1.34. The Bertz CT molecular complexity index is 267. The number of rotatable bonds is 1. The SMILES string of the molecule is Cc1c(Cl)coc1C(N)=O. The molecule has 1 rings (SSSR count). The lowest BCUT2D eigenvalue weighted by Gasteiger charge is -1.88. The zero-order chi connectivity index (χ0) is 7.72. The fourth-order valence-corrected chi connectivity index (χ4v) is 0.769. The van der Waals surface area contributed by atoms with Crippen molar-refractivity contribution < 1.29 is 9.21 Å². The Hall–Kier alpha value is -0.960. The van der Waals surface area contributed by atoms with Crippen molar-refractivity contribution in [2.75, 3.05) is 0 Å². The highest BCUT2D eigenvalue weighted by atomic mass is 35.5. The molecule has 0 saturated heterocycles. The molecule has 0 spiro atoms. The van der Waals surface area contributed by atoms with Gasteiger partial charge in [-0.05, 0) is 6.92 Å². The molecule has 1 heterocycles. The molecule has 10 heavy (non-hydrogen) atoms. The maximum absolute atomic E-state index is 10.5. The topological polar surface area (TPSA) is 56.2 Å². The number of primary amides is 1. The molecule has 0 aromatic carbocycles. The van der Waals surface area contributed by atoms with Crippen molar-refractivity contribution in [3.05, 3.63) is 22.6 Å². The van der Waals surface area contributed by atoms with E-state index in [0.29, 0.717) is 10.6 Å². The monoisotopic (exact) mass is 159 g/mol. The van der Waals surface area contributed by atoms with Gasteiger partial charge in [0.1, 0.15) is 6.26 Å². The minimum atomic E-state index is -0.593. The lowest BCUT2D eigenvalue weighted by atomic mass is 10.3. The molecular formula is C6H6ClNO2. The molecule has 3 nitrogen and oxygen atoms in total. The van der Waals surface area contributed by atoms with Gasteiger partial charge in [-0.15, -0.1) is 0 Å². The maximum Gasteiger partial charge on any atom is 0.284 e. The Labute approximate surface area is 62.8 Å². The summed E-state index contributed by atoms with van der Waals surface area (Å²) in [7, 11) is 0. The zero-order valence-corrected chi connectivity index (χ0v) is 6.11. The van der Waals surface area contributed by atoms with E-state index in [4.69, 9.17) is 21.8 Å². The standard InChI is InChI=1S/C6H6ClNO2/c1-3-4(7)2-10-5(3)6(8)9/h2H,1H3,(H2,8,9). The first-order chi connectivity index (χ1) is 4.63. The van der Waals surface area contributed by atoms with Crippen molar-refractivity contribution in [1.29, 1.82) is 0 Å². The van der Waals surface area contributed by atoms with E-state index < -0.39 is 5.91 Å². The quantitative estimate of drug-likeness (QED) is 0.672. The van der Waals surface area contributed by atoms with Gasteiger partial charge in [-0.2, -0.15) is 0 Å². The summed E-state index contributed by atoms with van der Waals surface area (Å²) in [6.45, 7) is 1.67. The third-order valence-corrected chi connectivity index (χ3v) is 1.58. The van der Waals surface area contributed by atoms with Crippen LogP contribution in [0.5, 0.6) is 0 Å². The predicted molar refractivity (Wildman–Crippen MR) is 37.0 cm³/mol. The van der Waals surface area contributed by atoms with Gasteiger partial charge in [0, 0.05) is 5.56 Å². The summed E-state index contributed by atoms with van der Waals surface area (Å²) in [6, 6.07) is 0. The summed E-state index contributed by atoms with van der Waals surface area (Å²) in [5.41, 5.74) is 5.53. The first-order valence-electron chi connectivity index (χ1n) is 2.66. The number of nitrogens with two attached hydrogens (primary N) is 1. The highest BCUT2D eigenvalue weighted by Crippen LogP contribution is 2.20. The smallest absolute Gasteiger partial charge is 0.284 e. The molecule has 0 aliphatic rings. The van der Waals surface area contributed by atoms with Crippen LogP contribution in [0.4, 0.5) is 0 Å². The Balaban J connectivity index is 3.17. The summed E-state index contributed by atoms with van der Waals surface area (Å²) < 4.78 is 4.75. The van der Waals surface area contributed by atoms with Crippen molar-refractivity contribution in [2.24, 2.45) is 5.73 Å². The van der Waals surface area contributed by atoms with Gasteiger partial charge >= 0.3 is 0 Å². The highest BCUT2D eigenvalue weighted by Gasteiger charge is 2.11. The summed E-state index contributed by atoms with van der Waals surface area (Å²) >= 11 is 5.57. The zero-order valence-electron chi connectivity index (χ0n) is 5.35. The number of halogens is 1. The normalized spacial score (nSPS) is 9.80. The van der Waals surface area contributed by atoms with Crippen LogP contribution >= 0.6 is 11.6 Å². The Morgan fingerprint density at radius 3 is 2.60 bits per heavy atom. The van der Waals surface area contributed by atoms with Gasteiger partial charge in [0.2, 0.25) is 0 Å². The van der Waals surface area contributed by atoms with Gasteiger partial charge in [-0.1, -0.05) is 11.6 Å². The van der Waals surface area contributed by atoms with E-state index in [0.717, 1.165) is 0 Å². The lowest BCUT2D eigenvalue weighted by Crippen LogP contribution is -2.10. The molecule has 2 N–H and O–H groups in total. The highest BCUT2D eigenvalue weighted by molar-refractivity contribution is 6.31. The summed E-state index contributed by atoms with van der Waals surface area (Å²) in [6.07, 6.45) is 1.29. The van der Waals surface area contributed by atoms with E-state index in [1.807, 2.05) is 0 Å². The van der Waals surface area contributed by atoms with Crippen molar-refractivity contribution >= 4 is 17.5 Å². The molecule has 0 unspecified atom stereocenters. The number of carbonyl (C=O) groups excluding carboxylic acids is 1. The minimum Gasteiger partial charge on any atom is -0.457 e. The van der Waals surface area contributed by atoms with Crippen LogP contribution in [0.15, 0.2) is 10.7 Å². The van der Waals surface area contributed by atoms with Gasteiger partial charge in [0.05, 0.1) is 5.02 Å². The van der Waals surface area contributed by atoms with Crippen LogP contribution in [0.3, 0.4) is 0 Å². The van der Waals surface area contributed by atoms with Crippen molar-refractivity contribution in [1.82, 2.24) is 0 Å². The number of hydrogen-bond acceptors (Lipinski definition) is 2. The molecule has 0 bridgehead atoms.